The van der Waals surface area contributed by atoms with Crippen LogP contribution in [0, 0.1) is 5.92 Å². The molecule has 0 bridgehead atoms. The summed E-state index contributed by atoms with van der Waals surface area (Å²) in [4.78, 5) is 26.0. The smallest absolute Gasteiger partial charge is 0.408 e. The van der Waals surface area contributed by atoms with E-state index < -0.39 is 17.7 Å². The van der Waals surface area contributed by atoms with Crippen LogP contribution < -0.4 is 10.0 Å². The molecule has 160 valence electrons. The Labute approximate surface area is 183 Å². The summed E-state index contributed by atoms with van der Waals surface area (Å²) in [5.74, 6) is 0.268. The van der Waals surface area contributed by atoms with E-state index in [0.717, 1.165) is 28.9 Å². The van der Waals surface area contributed by atoms with Crippen LogP contribution in [0.1, 0.15) is 46.5 Å². The first kappa shape index (κ1) is 22.2. The first-order valence-corrected chi connectivity index (χ1v) is 11.2. The van der Waals surface area contributed by atoms with Crippen molar-refractivity contribution in [2.24, 2.45) is 5.92 Å². The van der Waals surface area contributed by atoms with Crippen LogP contribution in [0.2, 0.25) is 0 Å². The van der Waals surface area contributed by atoms with Crippen LogP contribution in [0.4, 0.5) is 4.79 Å². The highest BCUT2D eigenvalue weighted by Crippen LogP contribution is 2.31. The molecule has 2 aromatic rings. The second kappa shape index (κ2) is 10.0. The molecule has 5 nitrogen and oxygen atoms in total. The topological polar surface area (TPSA) is 67.4 Å². The molecule has 2 N–H and O–H groups in total. The van der Waals surface area contributed by atoms with E-state index >= 15 is 0 Å². The van der Waals surface area contributed by atoms with E-state index in [1.165, 1.54) is 18.4 Å². The highest BCUT2D eigenvalue weighted by Gasteiger charge is 2.29. The van der Waals surface area contributed by atoms with Gasteiger partial charge in [-0.3, -0.25) is 9.52 Å². The summed E-state index contributed by atoms with van der Waals surface area (Å²) in [6.45, 7) is 5.43. The molecule has 30 heavy (non-hydrogen) atoms. The maximum atomic E-state index is 12.8. The predicted octanol–water partition coefficient (Wildman–Crippen LogP) is 5.56. The molecule has 1 aliphatic rings. The van der Waals surface area contributed by atoms with Gasteiger partial charge in [-0.05, 0) is 68.3 Å². The van der Waals surface area contributed by atoms with Gasteiger partial charge in [0.05, 0.1) is 0 Å². The van der Waals surface area contributed by atoms with Crippen molar-refractivity contribution in [3.05, 3.63) is 54.6 Å². The number of alkyl carbamates (subject to hydrolysis) is 1. The molecule has 1 saturated carbocycles. The fourth-order valence-corrected chi connectivity index (χ4v) is 3.99. The summed E-state index contributed by atoms with van der Waals surface area (Å²) in [6.07, 6.45) is 3.47. The van der Waals surface area contributed by atoms with E-state index in [0.29, 0.717) is 12.3 Å². The molecule has 3 rings (SSSR count). The Morgan fingerprint density at radius 2 is 1.77 bits per heavy atom. The highest BCUT2D eigenvalue weighted by molar-refractivity contribution is 7.98. The predicted molar refractivity (Wildman–Crippen MR) is 121 cm³/mol. The zero-order valence-electron chi connectivity index (χ0n) is 17.8. The van der Waals surface area contributed by atoms with Gasteiger partial charge in [0, 0.05) is 4.90 Å². The van der Waals surface area contributed by atoms with E-state index in [9.17, 15) is 9.59 Å². The molecule has 1 atom stereocenters. The Balaban J connectivity index is 1.61. The average molecular weight is 427 g/mol. The van der Waals surface area contributed by atoms with Gasteiger partial charge in [-0.2, -0.15) is 0 Å². The lowest BCUT2D eigenvalue weighted by Crippen LogP contribution is -2.48. The standard InChI is InChI=1S/C24H30N2O3S/c1-24(2,3)29-23(28)25-21(15-17-9-7-10-17)22(27)26-30-20-14-8-13-19(16-20)18-11-5-4-6-12-18/h4-6,8,11-14,16-17,21H,7,9-10,15H2,1-3H3,(H,25,28)(H,26,27). The number of hydrogen-bond acceptors (Lipinski definition) is 4. The van der Waals surface area contributed by atoms with Gasteiger partial charge in [-0.1, -0.05) is 61.7 Å². The fourth-order valence-electron chi connectivity index (χ4n) is 3.29. The van der Waals surface area contributed by atoms with Crippen molar-refractivity contribution in [1.29, 1.82) is 0 Å². The van der Waals surface area contributed by atoms with Crippen LogP contribution in [0.3, 0.4) is 0 Å². The molecule has 0 heterocycles. The molecule has 1 fully saturated rings. The monoisotopic (exact) mass is 426 g/mol. The van der Waals surface area contributed by atoms with Gasteiger partial charge in [0.1, 0.15) is 11.6 Å². The molecular weight excluding hydrogens is 396 g/mol. The number of ether oxygens (including phenoxy) is 1. The molecule has 0 saturated heterocycles. The van der Waals surface area contributed by atoms with Gasteiger partial charge in [-0.15, -0.1) is 0 Å². The molecule has 0 aliphatic heterocycles. The Bertz CT molecular complexity index is 860. The molecule has 2 aromatic carbocycles. The highest BCUT2D eigenvalue weighted by atomic mass is 32.2. The summed E-state index contributed by atoms with van der Waals surface area (Å²) in [6, 6.07) is 17.5. The van der Waals surface area contributed by atoms with Crippen molar-refractivity contribution in [3.8, 4) is 11.1 Å². The van der Waals surface area contributed by atoms with Gasteiger partial charge in [0.2, 0.25) is 0 Å². The molecule has 0 aromatic heterocycles. The largest absolute Gasteiger partial charge is 0.444 e. The number of nitrogens with one attached hydrogen (secondary N) is 2. The first-order valence-electron chi connectivity index (χ1n) is 10.4. The van der Waals surface area contributed by atoms with Crippen LogP contribution in [0.25, 0.3) is 11.1 Å². The fraction of sp³-hybridized carbons (Fsp3) is 0.417. The Kier molecular flexibility index (Phi) is 7.43. The van der Waals surface area contributed by atoms with E-state index in [1.807, 2.05) is 63.2 Å². The Hall–Kier alpha value is -2.47. The van der Waals surface area contributed by atoms with Crippen LogP contribution in [0.15, 0.2) is 59.5 Å². The Morgan fingerprint density at radius 1 is 1.07 bits per heavy atom. The maximum Gasteiger partial charge on any atom is 0.408 e. The first-order chi connectivity index (χ1) is 14.3. The molecule has 0 radical (unpaired) electrons. The van der Waals surface area contributed by atoms with E-state index in [1.54, 1.807) is 0 Å². The molecular formula is C24H30N2O3S. The maximum absolute atomic E-state index is 12.8. The number of benzene rings is 2. The normalized spacial score (nSPS) is 15.0. The number of rotatable bonds is 7. The number of carbonyl (C=O) groups is 2. The van der Waals surface area contributed by atoms with Gasteiger partial charge >= 0.3 is 6.09 Å². The van der Waals surface area contributed by atoms with E-state index in [4.69, 9.17) is 4.74 Å². The third kappa shape index (κ3) is 6.80. The quantitative estimate of drug-likeness (QED) is 0.569. The zero-order valence-corrected chi connectivity index (χ0v) is 18.6. The summed E-state index contributed by atoms with van der Waals surface area (Å²) in [5.41, 5.74) is 1.61. The molecule has 6 heteroatoms. The van der Waals surface area contributed by atoms with Crippen molar-refractivity contribution in [2.75, 3.05) is 0 Å². The third-order valence-corrected chi connectivity index (χ3v) is 5.80. The minimum atomic E-state index is -0.603. The van der Waals surface area contributed by atoms with Crippen molar-refractivity contribution in [1.82, 2.24) is 10.0 Å². The molecule has 1 aliphatic carbocycles. The van der Waals surface area contributed by atoms with E-state index in [-0.39, 0.29) is 5.91 Å². The lowest BCUT2D eigenvalue weighted by molar-refractivity contribution is -0.121. The van der Waals surface area contributed by atoms with E-state index in [2.05, 4.69) is 22.2 Å². The second-order valence-electron chi connectivity index (χ2n) is 8.69. The summed E-state index contributed by atoms with van der Waals surface area (Å²) in [5, 5.41) is 2.76. The summed E-state index contributed by atoms with van der Waals surface area (Å²) in [7, 11) is 0. The SMILES string of the molecule is CC(C)(C)OC(=O)NC(CC1CCC1)C(=O)NSc1cccc(-c2ccccc2)c1. The van der Waals surface area contributed by atoms with Crippen molar-refractivity contribution < 1.29 is 14.3 Å². The van der Waals surface area contributed by atoms with Crippen LogP contribution in [0.5, 0.6) is 0 Å². The number of carbonyl (C=O) groups excluding carboxylic acids is 2. The average Bonchev–Trinajstić information content (AvgIpc) is 2.67. The number of amides is 2. The molecule has 0 spiro atoms. The second-order valence-corrected chi connectivity index (χ2v) is 9.57. The number of hydrogen-bond donors (Lipinski definition) is 2. The minimum Gasteiger partial charge on any atom is -0.444 e. The summed E-state index contributed by atoms with van der Waals surface area (Å²) >= 11 is 1.27. The van der Waals surface area contributed by atoms with Crippen molar-refractivity contribution in [2.45, 2.75) is 63.0 Å². The van der Waals surface area contributed by atoms with Crippen LogP contribution in [-0.4, -0.2) is 23.6 Å². The third-order valence-electron chi connectivity index (χ3n) is 5.01. The lowest BCUT2D eigenvalue weighted by Gasteiger charge is -2.30. The van der Waals surface area contributed by atoms with Gasteiger partial charge in [-0.25, -0.2) is 4.79 Å². The zero-order chi connectivity index (χ0) is 21.6. The van der Waals surface area contributed by atoms with Gasteiger partial charge in [0.15, 0.2) is 0 Å². The van der Waals surface area contributed by atoms with Crippen LogP contribution in [-0.2, 0) is 9.53 Å². The van der Waals surface area contributed by atoms with Gasteiger partial charge < -0.3 is 10.1 Å². The molecule has 1 unspecified atom stereocenters. The minimum absolute atomic E-state index is 0.206. The van der Waals surface area contributed by atoms with Crippen molar-refractivity contribution in [3.63, 3.8) is 0 Å². The molecule has 2 amide bonds. The summed E-state index contributed by atoms with van der Waals surface area (Å²) < 4.78 is 8.25. The van der Waals surface area contributed by atoms with Crippen LogP contribution >= 0.6 is 11.9 Å². The lowest BCUT2D eigenvalue weighted by atomic mass is 9.81. The van der Waals surface area contributed by atoms with Gasteiger partial charge in [0.25, 0.3) is 5.91 Å². The Morgan fingerprint density at radius 3 is 2.40 bits per heavy atom. The van der Waals surface area contributed by atoms with Crippen molar-refractivity contribution >= 4 is 23.9 Å².